The molecule has 1 aliphatic rings. The van der Waals surface area contributed by atoms with Gasteiger partial charge in [0.05, 0.1) is 17.7 Å². The van der Waals surface area contributed by atoms with E-state index in [-0.39, 0.29) is 23.4 Å². The fourth-order valence-corrected chi connectivity index (χ4v) is 6.77. The summed E-state index contributed by atoms with van der Waals surface area (Å²) in [7, 11) is -2.51. The molecule has 42 heavy (non-hydrogen) atoms. The van der Waals surface area contributed by atoms with E-state index in [1.165, 1.54) is 17.0 Å². The second kappa shape index (κ2) is 13.9. The molecule has 224 valence electrons. The highest BCUT2D eigenvalue weighted by Gasteiger charge is 2.34. The SMILES string of the molecule is CC[C@@H](C(=O)NC1CCCC1)N(Cc1ccc(OC)cc1)C(=O)CN(c1ccc(C)c(C)c1)S(=O)(=O)c1ccccc1. The molecule has 0 unspecified atom stereocenters. The normalized spacial score (nSPS) is 14.3. The van der Waals surface area contributed by atoms with Crippen molar-refractivity contribution in [2.75, 3.05) is 18.0 Å². The topological polar surface area (TPSA) is 96.0 Å². The van der Waals surface area contributed by atoms with E-state index in [1.54, 1.807) is 49.6 Å². The van der Waals surface area contributed by atoms with Crippen LogP contribution in [0.25, 0.3) is 0 Å². The lowest BCUT2D eigenvalue weighted by Gasteiger charge is -2.34. The van der Waals surface area contributed by atoms with Crippen molar-refractivity contribution in [1.29, 1.82) is 0 Å². The molecule has 3 aromatic carbocycles. The van der Waals surface area contributed by atoms with Gasteiger partial charge < -0.3 is 15.0 Å². The van der Waals surface area contributed by atoms with Crippen LogP contribution in [-0.4, -0.2) is 50.9 Å². The van der Waals surface area contributed by atoms with Gasteiger partial charge in [0.25, 0.3) is 10.0 Å². The monoisotopic (exact) mass is 591 g/mol. The van der Waals surface area contributed by atoms with E-state index in [4.69, 9.17) is 4.74 Å². The first-order valence-corrected chi connectivity index (χ1v) is 16.0. The third kappa shape index (κ3) is 7.31. The Hall–Kier alpha value is -3.85. The number of rotatable bonds is 12. The van der Waals surface area contributed by atoms with Gasteiger partial charge in [-0.3, -0.25) is 13.9 Å². The Labute approximate surface area is 249 Å². The molecule has 3 aromatic rings. The summed E-state index contributed by atoms with van der Waals surface area (Å²) < 4.78 is 34.4. The Morgan fingerprint density at radius 3 is 2.21 bits per heavy atom. The Morgan fingerprint density at radius 2 is 1.62 bits per heavy atom. The number of benzene rings is 3. The van der Waals surface area contributed by atoms with Crippen LogP contribution in [0.4, 0.5) is 5.69 Å². The van der Waals surface area contributed by atoms with Gasteiger partial charge >= 0.3 is 0 Å². The summed E-state index contributed by atoms with van der Waals surface area (Å²) in [6.45, 7) is 5.42. The maximum atomic E-state index is 14.2. The van der Waals surface area contributed by atoms with Crippen molar-refractivity contribution in [3.05, 3.63) is 89.5 Å². The number of aryl methyl sites for hydroxylation is 2. The number of hydrogen-bond acceptors (Lipinski definition) is 5. The lowest BCUT2D eigenvalue weighted by molar-refractivity contribution is -0.140. The summed E-state index contributed by atoms with van der Waals surface area (Å²) in [6, 6.07) is 20.1. The summed E-state index contributed by atoms with van der Waals surface area (Å²) in [4.78, 5) is 29.4. The number of anilines is 1. The molecule has 4 rings (SSSR count). The van der Waals surface area contributed by atoms with E-state index in [2.05, 4.69) is 5.32 Å². The summed E-state index contributed by atoms with van der Waals surface area (Å²) >= 11 is 0. The van der Waals surface area contributed by atoms with Crippen LogP contribution in [0.3, 0.4) is 0 Å². The van der Waals surface area contributed by atoms with E-state index < -0.39 is 28.5 Å². The second-order valence-corrected chi connectivity index (χ2v) is 12.7. The van der Waals surface area contributed by atoms with Gasteiger partial charge in [0.1, 0.15) is 18.3 Å². The minimum atomic E-state index is -4.10. The minimum Gasteiger partial charge on any atom is -0.497 e. The lowest BCUT2D eigenvalue weighted by Crippen LogP contribution is -2.53. The molecule has 1 aliphatic carbocycles. The molecule has 9 heteroatoms. The summed E-state index contributed by atoms with van der Waals surface area (Å²) in [5.74, 6) is 0.00407. The maximum absolute atomic E-state index is 14.2. The number of ether oxygens (including phenoxy) is 1. The number of amides is 2. The average molecular weight is 592 g/mol. The van der Waals surface area contributed by atoms with Crippen LogP contribution in [0.2, 0.25) is 0 Å². The fourth-order valence-electron chi connectivity index (χ4n) is 5.34. The molecule has 1 N–H and O–H groups in total. The molecule has 1 atom stereocenters. The van der Waals surface area contributed by atoms with E-state index in [9.17, 15) is 18.0 Å². The fraction of sp³-hybridized carbons (Fsp3) is 0.394. The molecule has 1 fully saturated rings. The van der Waals surface area contributed by atoms with E-state index in [0.717, 1.165) is 46.7 Å². The molecule has 0 heterocycles. The van der Waals surface area contributed by atoms with Crippen LogP contribution in [-0.2, 0) is 26.2 Å². The van der Waals surface area contributed by atoms with Crippen molar-refractivity contribution in [3.63, 3.8) is 0 Å². The first kappa shape index (κ1) is 31.1. The van der Waals surface area contributed by atoms with Crippen LogP contribution in [0.15, 0.2) is 77.7 Å². The van der Waals surface area contributed by atoms with E-state index in [0.29, 0.717) is 17.9 Å². The molecule has 8 nitrogen and oxygen atoms in total. The number of nitrogens with one attached hydrogen (secondary N) is 1. The predicted octanol–water partition coefficient (Wildman–Crippen LogP) is 5.37. The number of sulfonamides is 1. The smallest absolute Gasteiger partial charge is 0.264 e. The standard InChI is InChI=1S/C33H41N3O5S/c1-5-31(33(38)34-27-11-9-10-12-27)35(22-26-16-19-29(41-4)20-17-26)32(37)23-36(28-18-15-24(2)25(3)21-28)42(39,40)30-13-7-6-8-14-30/h6-8,13-21,27,31H,5,9-12,22-23H2,1-4H3,(H,34,38)/t31-/m0/s1. The van der Waals surface area contributed by atoms with Crippen LogP contribution in [0.1, 0.15) is 55.7 Å². The highest BCUT2D eigenvalue weighted by atomic mass is 32.2. The molecule has 0 aromatic heterocycles. The van der Waals surface area contributed by atoms with Gasteiger partial charge in [-0.25, -0.2) is 8.42 Å². The van der Waals surface area contributed by atoms with Crippen LogP contribution in [0, 0.1) is 13.8 Å². The third-order valence-electron chi connectivity index (χ3n) is 7.99. The number of methoxy groups -OCH3 is 1. The maximum Gasteiger partial charge on any atom is 0.264 e. The van der Waals surface area contributed by atoms with Crippen molar-refractivity contribution >= 4 is 27.5 Å². The van der Waals surface area contributed by atoms with Gasteiger partial charge in [-0.05, 0) is 86.2 Å². The molecule has 0 radical (unpaired) electrons. The van der Waals surface area contributed by atoms with Gasteiger partial charge in [0.2, 0.25) is 11.8 Å². The predicted molar refractivity (Wildman–Crippen MR) is 165 cm³/mol. The van der Waals surface area contributed by atoms with Crippen LogP contribution < -0.4 is 14.4 Å². The Morgan fingerprint density at radius 1 is 0.952 bits per heavy atom. The quantitative estimate of drug-likeness (QED) is 0.305. The van der Waals surface area contributed by atoms with Crippen molar-refractivity contribution < 1.29 is 22.7 Å². The van der Waals surface area contributed by atoms with E-state index in [1.807, 2.05) is 39.0 Å². The number of nitrogens with zero attached hydrogens (tertiary/aromatic N) is 2. The molecule has 0 aliphatic heterocycles. The molecule has 2 amide bonds. The van der Waals surface area contributed by atoms with Crippen molar-refractivity contribution in [2.24, 2.45) is 0 Å². The largest absolute Gasteiger partial charge is 0.497 e. The van der Waals surface area contributed by atoms with Gasteiger partial charge in [-0.1, -0.05) is 56.2 Å². The average Bonchev–Trinajstić information content (AvgIpc) is 3.51. The lowest BCUT2D eigenvalue weighted by atomic mass is 10.1. The first-order valence-electron chi connectivity index (χ1n) is 14.5. The minimum absolute atomic E-state index is 0.0868. The van der Waals surface area contributed by atoms with Gasteiger partial charge in [0.15, 0.2) is 0 Å². The Kier molecular flexibility index (Phi) is 10.3. The highest BCUT2D eigenvalue weighted by Crippen LogP contribution is 2.27. The van der Waals surface area contributed by atoms with Crippen LogP contribution in [0.5, 0.6) is 5.75 Å². The zero-order chi connectivity index (χ0) is 30.3. The zero-order valence-corrected chi connectivity index (χ0v) is 25.7. The van der Waals surface area contributed by atoms with Crippen molar-refractivity contribution in [3.8, 4) is 5.75 Å². The molecule has 0 spiro atoms. The molecule has 0 bridgehead atoms. The third-order valence-corrected chi connectivity index (χ3v) is 9.78. The summed E-state index contributed by atoms with van der Waals surface area (Å²) in [5.41, 5.74) is 3.12. The molecule has 0 saturated heterocycles. The van der Waals surface area contributed by atoms with Crippen LogP contribution >= 0.6 is 0 Å². The van der Waals surface area contributed by atoms with Crippen molar-refractivity contribution in [2.45, 2.75) is 76.4 Å². The van der Waals surface area contributed by atoms with Gasteiger partial charge in [0, 0.05) is 12.6 Å². The molecular weight excluding hydrogens is 550 g/mol. The Balaban J connectivity index is 1.72. The zero-order valence-electron chi connectivity index (χ0n) is 24.9. The highest BCUT2D eigenvalue weighted by molar-refractivity contribution is 7.92. The van der Waals surface area contributed by atoms with E-state index >= 15 is 0 Å². The molecule has 1 saturated carbocycles. The van der Waals surface area contributed by atoms with Gasteiger partial charge in [-0.15, -0.1) is 0 Å². The second-order valence-electron chi connectivity index (χ2n) is 10.9. The number of carbonyl (C=O) groups is 2. The summed E-state index contributed by atoms with van der Waals surface area (Å²) in [5, 5.41) is 3.14. The molecular formula is C33H41N3O5S. The van der Waals surface area contributed by atoms with Crippen molar-refractivity contribution in [1.82, 2.24) is 10.2 Å². The first-order chi connectivity index (χ1) is 20.1. The number of hydrogen-bond donors (Lipinski definition) is 1. The summed E-state index contributed by atoms with van der Waals surface area (Å²) in [6.07, 6.45) is 4.36. The number of carbonyl (C=O) groups excluding carboxylic acids is 2. The van der Waals surface area contributed by atoms with Gasteiger partial charge in [-0.2, -0.15) is 0 Å². The Bertz CT molecular complexity index is 1470.